The van der Waals surface area contributed by atoms with Gasteiger partial charge in [-0.15, -0.1) is 22.7 Å². The van der Waals surface area contributed by atoms with Gasteiger partial charge >= 0.3 is 0 Å². The first-order valence-corrected chi connectivity index (χ1v) is 9.47. The number of carbonyl (C=O) groups is 1. The molecule has 0 spiro atoms. The van der Waals surface area contributed by atoms with Crippen molar-refractivity contribution in [2.75, 3.05) is 5.75 Å². The van der Waals surface area contributed by atoms with Gasteiger partial charge in [-0.25, -0.2) is 9.97 Å². The average molecular weight is 350 g/mol. The number of rotatable bonds is 5. The topological polar surface area (TPSA) is 47.8 Å². The fourth-order valence-electron chi connectivity index (χ4n) is 2.27. The van der Waals surface area contributed by atoms with E-state index in [-0.39, 0.29) is 5.78 Å². The molecule has 0 aliphatic heterocycles. The molecule has 3 rings (SSSR count). The first-order valence-electron chi connectivity index (χ1n) is 6.73. The lowest BCUT2D eigenvalue weighted by Crippen LogP contribution is -2.05. The number of ketones is 1. The largest absolute Gasteiger partial charge is 0.294 e. The van der Waals surface area contributed by atoms with E-state index in [0.29, 0.717) is 5.75 Å². The quantitative estimate of drug-likeness (QED) is 0.509. The number of Topliss-reactive ketones (excluding diaryl/α,β-unsaturated/α-hetero) is 1. The van der Waals surface area contributed by atoms with E-state index in [9.17, 15) is 4.79 Å². The Morgan fingerprint density at radius 1 is 1.32 bits per heavy atom. The maximum atomic E-state index is 12.5. The molecule has 3 heterocycles. The maximum absolute atomic E-state index is 12.5. The summed E-state index contributed by atoms with van der Waals surface area (Å²) in [5.74, 6) is 0.545. The highest BCUT2D eigenvalue weighted by Crippen LogP contribution is 2.26. The number of carbonyl (C=O) groups excluding carboxylic acids is 1. The van der Waals surface area contributed by atoms with Gasteiger partial charge in [0.25, 0.3) is 0 Å². The molecule has 4 nitrogen and oxygen atoms in total. The normalized spacial score (nSPS) is 11.0. The average Bonchev–Trinajstić information content (AvgIpc) is 3.18. The van der Waals surface area contributed by atoms with E-state index in [4.69, 9.17) is 0 Å². The summed E-state index contributed by atoms with van der Waals surface area (Å²) in [6.45, 7) is 5.94. The van der Waals surface area contributed by atoms with Gasteiger partial charge in [0.05, 0.1) is 5.75 Å². The van der Waals surface area contributed by atoms with Crippen LogP contribution in [0.3, 0.4) is 0 Å². The van der Waals surface area contributed by atoms with E-state index >= 15 is 0 Å². The maximum Gasteiger partial charge on any atom is 0.193 e. The zero-order chi connectivity index (χ0) is 15.7. The van der Waals surface area contributed by atoms with Crippen molar-refractivity contribution in [2.45, 2.75) is 25.1 Å². The highest BCUT2D eigenvalue weighted by molar-refractivity contribution is 8.01. The molecule has 0 saturated carbocycles. The van der Waals surface area contributed by atoms with Gasteiger partial charge in [0.1, 0.15) is 0 Å². The first kappa shape index (κ1) is 15.5. The van der Waals surface area contributed by atoms with E-state index in [1.165, 1.54) is 11.8 Å². The van der Waals surface area contributed by atoms with Crippen LogP contribution in [-0.4, -0.2) is 26.1 Å². The number of thioether (sulfide) groups is 1. The Labute approximate surface area is 141 Å². The fraction of sp³-hybridized carbons (Fsp3) is 0.267. The standard InChI is InChI=1S/C15H15N3OS3/c1-9-7-21-15(17-9)22-8-13(19)12-6-10(2)18(11(12)3)14-16-4-5-20-14/h4-7H,8H2,1-3H3. The van der Waals surface area contributed by atoms with Gasteiger partial charge in [-0.3, -0.25) is 9.36 Å². The van der Waals surface area contributed by atoms with E-state index < -0.39 is 0 Å². The zero-order valence-corrected chi connectivity index (χ0v) is 14.9. The van der Waals surface area contributed by atoms with Gasteiger partial charge in [-0.1, -0.05) is 11.8 Å². The third kappa shape index (κ3) is 3.02. The monoisotopic (exact) mass is 349 g/mol. The number of hydrogen-bond acceptors (Lipinski definition) is 6. The molecule has 0 bridgehead atoms. The van der Waals surface area contributed by atoms with Crippen LogP contribution in [0.1, 0.15) is 27.4 Å². The summed E-state index contributed by atoms with van der Waals surface area (Å²) >= 11 is 4.65. The molecule has 114 valence electrons. The predicted octanol–water partition coefficient (Wildman–Crippen LogP) is 4.29. The second-order valence-electron chi connectivity index (χ2n) is 4.90. The van der Waals surface area contributed by atoms with Crippen molar-refractivity contribution >= 4 is 40.2 Å². The summed E-state index contributed by atoms with van der Waals surface area (Å²) < 4.78 is 2.98. The van der Waals surface area contributed by atoms with E-state index in [1.807, 2.05) is 42.2 Å². The molecular formula is C15H15N3OS3. The molecule has 7 heteroatoms. The van der Waals surface area contributed by atoms with Crippen molar-refractivity contribution in [3.8, 4) is 5.13 Å². The summed E-state index contributed by atoms with van der Waals surface area (Å²) in [6.07, 6.45) is 1.78. The van der Waals surface area contributed by atoms with Crippen LogP contribution in [0.15, 0.2) is 27.4 Å². The summed E-state index contributed by atoms with van der Waals surface area (Å²) in [5, 5.41) is 4.84. The molecule has 0 aliphatic rings. The molecule has 3 aromatic heterocycles. The predicted molar refractivity (Wildman–Crippen MR) is 92.8 cm³/mol. The summed E-state index contributed by atoms with van der Waals surface area (Å²) in [4.78, 5) is 21.2. The second kappa shape index (κ2) is 6.36. The van der Waals surface area contributed by atoms with Gasteiger partial charge in [-0.05, 0) is 26.8 Å². The summed E-state index contributed by atoms with van der Waals surface area (Å²) in [5.41, 5.74) is 3.76. The number of aromatic nitrogens is 3. The summed E-state index contributed by atoms with van der Waals surface area (Å²) in [6, 6.07) is 1.95. The van der Waals surface area contributed by atoms with E-state index in [1.54, 1.807) is 28.9 Å². The molecule has 0 saturated heterocycles. The smallest absolute Gasteiger partial charge is 0.193 e. The molecule has 0 aliphatic carbocycles. The van der Waals surface area contributed by atoms with Crippen molar-refractivity contribution in [1.82, 2.24) is 14.5 Å². The number of nitrogens with zero attached hydrogens (tertiary/aromatic N) is 3. The number of thiazole rings is 2. The van der Waals surface area contributed by atoms with Gasteiger partial charge in [0.2, 0.25) is 0 Å². The lowest BCUT2D eigenvalue weighted by Gasteiger charge is -2.05. The molecule has 0 N–H and O–H groups in total. The lowest BCUT2D eigenvalue weighted by atomic mass is 10.2. The Balaban J connectivity index is 1.80. The van der Waals surface area contributed by atoms with Crippen LogP contribution in [0, 0.1) is 20.8 Å². The number of hydrogen-bond donors (Lipinski definition) is 0. The van der Waals surface area contributed by atoms with Crippen molar-refractivity contribution in [1.29, 1.82) is 0 Å². The van der Waals surface area contributed by atoms with Gasteiger partial charge in [0.15, 0.2) is 15.3 Å². The molecule has 0 amide bonds. The molecular weight excluding hydrogens is 334 g/mol. The third-order valence-corrected chi connectivity index (χ3v) is 6.16. The van der Waals surface area contributed by atoms with Gasteiger partial charge in [-0.2, -0.15) is 0 Å². The SMILES string of the molecule is Cc1csc(SCC(=O)c2cc(C)n(-c3nccs3)c2C)n1. The molecule has 0 fully saturated rings. The Morgan fingerprint density at radius 2 is 2.14 bits per heavy atom. The van der Waals surface area contributed by atoms with Gasteiger partial charge < -0.3 is 0 Å². The van der Waals surface area contributed by atoms with Crippen LogP contribution in [0.25, 0.3) is 5.13 Å². The minimum Gasteiger partial charge on any atom is -0.294 e. The third-order valence-electron chi connectivity index (χ3n) is 3.27. The highest BCUT2D eigenvalue weighted by Gasteiger charge is 2.18. The van der Waals surface area contributed by atoms with Crippen LogP contribution in [-0.2, 0) is 0 Å². The fourth-order valence-corrected chi connectivity index (χ4v) is 4.75. The Bertz CT molecular complexity index is 802. The first-order chi connectivity index (χ1) is 10.6. The van der Waals surface area contributed by atoms with Gasteiger partial charge in [0, 0.05) is 39.6 Å². The molecule has 0 unspecified atom stereocenters. The molecule has 3 aromatic rings. The van der Waals surface area contributed by atoms with Crippen LogP contribution in [0.2, 0.25) is 0 Å². The van der Waals surface area contributed by atoms with Crippen molar-refractivity contribution in [3.63, 3.8) is 0 Å². The molecule has 22 heavy (non-hydrogen) atoms. The molecule has 0 atom stereocenters. The van der Waals surface area contributed by atoms with Crippen LogP contribution < -0.4 is 0 Å². The van der Waals surface area contributed by atoms with Crippen molar-refractivity contribution in [3.05, 3.63) is 45.7 Å². The Hall–Kier alpha value is -1.44. The van der Waals surface area contributed by atoms with Crippen molar-refractivity contribution < 1.29 is 4.79 Å². The zero-order valence-electron chi connectivity index (χ0n) is 12.5. The van der Waals surface area contributed by atoms with E-state index in [0.717, 1.165) is 32.1 Å². The van der Waals surface area contributed by atoms with Crippen LogP contribution >= 0.6 is 34.4 Å². The summed E-state index contributed by atoms with van der Waals surface area (Å²) in [7, 11) is 0. The molecule has 0 aromatic carbocycles. The van der Waals surface area contributed by atoms with Crippen LogP contribution in [0.4, 0.5) is 0 Å². The van der Waals surface area contributed by atoms with E-state index in [2.05, 4.69) is 9.97 Å². The molecule has 0 radical (unpaired) electrons. The Morgan fingerprint density at radius 3 is 2.77 bits per heavy atom. The number of aryl methyl sites for hydroxylation is 2. The second-order valence-corrected chi connectivity index (χ2v) is 7.86. The van der Waals surface area contributed by atoms with Crippen molar-refractivity contribution in [2.24, 2.45) is 0 Å². The van der Waals surface area contributed by atoms with Crippen LogP contribution in [0.5, 0.6) is 0 Å². The lowest BCUT2D eigenvalue weighted by molar-refractivity contribution is 0.102. The minimum atomic E-state index is 0.133. The Kier molecular flexibility index (Phi) is 4.46. The highest BCUT2D eigenvalue weighted by atomic mass is 32.2. The minimum absolute atomic E-state index is 0.133.